The van der Waals surface area contributed by atoms with Crippen LogP contribution in [0.5, 0.6) is 5.75 Å². The Hall–Kier alpha value is -3.13. The number of hydrogen-bond donors (Lipinski definition) is 3. The zero-order chi connectivity index (χ0) is 26.4. The van der Waals surface area contributed by atoms with Gasteiger partial charge in [-0.2, -0.15) is 0 Å². The first kappa shape index (κ1) is 26.9. The number of carbonyl (C=O) groups is 1. The highest BCUT2D eigenvalue weighted by Crippen LogP contribution is 2.42. The van der Waals surface area contributed by atoms with Crippen LogP contribution in [0.3, 0.4) is 0 Å². The standard InChI is InChI=1S/C29H32ClFN2O4/c1-3-36-28-15-26(23(30)14-18(28)16-32-27(17-34)29(35)37-4-2)33-25-13-12-20-19(9-7-10-22(20)25)21-8-5-6-11-24(21)31/h5-11,14-15,25,27,32-34H,3-4,12-13,16-17H2,1-2H3/t25?,27-/m0/s1. The summed E-state index contributed by atoms with van der Waals surface area (Å²) in [6.07, 6.45) is 1.67. The van der Waals surface area contributed by atoms with Crippen LogP contribution in [0.4, 0.5) is 10.1 Å². The molecule has 0 aliphatic heterocycles. The summed E-state index contributed by atoms with van der Waals surface area (Å²) in [6.45, 7) is 4.18. The van der Waals surface area contributed by atoms with Crippen molar-refractivity contribution in [3.05, 3.63) is 82.1 Å². The van der Waals surface area contributed by atoms with E-state index in [1.165, 1.54) is 6.07 Å². The average Bonchev–Trinajstić information content (AvgIpc) is 3.30. The van der Waals surface area contributed by atoms with E-state index >= 15 is 0 Å². The van der Waals surface area contributed by atoms with Gasteiger partial charge in [-0.1, -0.05) is 48.0 Å². The van der Waals surface area contributed by atoms with E-state index in [0.717, 1.165) is 40.8 Å². The number of nitrogens with one attached hydrogen (secondary N) is 2. The third kappa shape index (κ3) is 6.06. The molecule has 3 aromatic rings. The third-order valence-electron chi connectivity index (χ3n) is 6.51. The van der Waals surface area contributed by atoms with E-state index in [0.29, 0.717) is 22.9 Å². The van der Waals surface area contributed by atoms with E-state index in [1.54, 1.807) is 19.1 Å². The summed E-state index contributed by atoms with van der Waals surface area (Å²) in [5.74, 6) is -0.116. The average molecular weight is 527 g/mol. The number of rotatable bonds is 11. The number of aliphatic hydroxyl groups is 1. The van der Waals surface area contributed by atoms with E-state index in [9.17, 15) is 14.3 Å². The van der Waals surface area contributed by atoms with E-state index in [-0.39, 0.29) is 31.6 Å². The summed E-state index contributed by atoms with van der Waals surface area (Å²) in [5.41, 5.74) is 5.28. The Balaban J connectivity index is 1.56. The van der Waals surface area contributed by atoms with Crippen molar-refractivity contribution in [1.29, 1.82) is 0 Å². The van der Waals surface area contributed by atoms with Crippen molar-refractivity contribution in [2.45, 2.75) is 45.3 Å². The molecule has 4 rings (SSSR count). The van der Waals surface area contributed by atoms with Crippen LogP contribution in [0, 0.1) is 5.82 Å². The summed E-state index contributed by atoms with van der Waals surface area (Å²) in [6, 6.07) is 15.7. The minimum Gasteiger partial charge on any atom is -0.493 e. The molecular formula is C29H32ClFN2O4. The van der Waals surface area contributed by atoms with Gasteiger partial charge < -0.3 is 19.9 Å². The van der Waals surface area contributed by atoms with Gasteiger partial charge in [0.25, 0.3) is 0 Å². The van der Waals surface area contributed by atoms with E-state index in [1.807, 2.05) is 37.3 Å². The molecule has 1 aliphatic carbocycles. The summed E-state index contributed by atoms with van der Waals surface area (Å²) in [7, 11) is 0. The summed E-state index contributed by atoms with van der Waals surface area (Å²) >= 11 is 6.68. The molecule has 0 amide bonds. The van der Waals surface area contributed by atoms with E-state index in [2.05, 4.69) is 16.7 Å². The van der Waals surface area contributed by atoms with Crippen molar-refractivity contribution in [2.24, 2.45) is 0 Å². The molecule has 0 radical (unpaired) electrons. The molecule has 0 fully saturated rings. The Labute approximate surface area is 221 Å². The number of anilines is 1. The van der Waals surface area contributed by atoms with Crippen molar-refractivity contribution in [2.75, 3.05) is 25.1 Å². The van der Waals surface area contributed by atoms with Gasteiger partial charge in [0.05, 0.1) is 36.6 Å². The zero-order valence-corrected chi connectivity index (χ0v) is 21.8. The van der Waals surface area contributed by atoms with Crippen molar-refractivity contribution in [3.8, 4) is 16.9 Å². The number of benzene rings is 3. The highest BCUT2D eigenvalue weighted by atomic mass is 35.5. The van der Waals surface area contributed by atoms with Gasteiger partial charge in [0.15, 0.2) is 0 Å². The lowest BCUT2D eigenvalue weighted by atomic mass is 9.96. The number of esters is 1. The Morgan fingerprint density at radius 2 is 1.92 bits per heavy atom. The Morgan fingerprint density at radius 3 is 2.65 bits per heavy atom. The maximum absolute atomic E-state index is 14.5. The van der Waals surface area contributed by atoms with Gasteiger partial charge in [-0.25, -0.2) is 4.39 Å². The van der Waals surface area contributed by atoms with Crippen LogP contribution in [0.2, 0.25) is 5.02 Å². The number of aliphatic hydroxyl groups excluding tert-OH is 1. The quantitative estimate of drug-likeness (QED) is 0.280. The number of fused-ring (bicyclic) bond motifs is 1. The number of ether oxygens (including phenoxy) is 2. The SMILES string of the molecule is CCOC(=O)[C@H](CO)NCc1cc(Cl)c(NC2CCc3c(-c4ccccc4F)cccc32)cc1OCC. The topological polar surface area (TPSA) is 79.8 Å². The fourth-order valence-corrected chi connectivity index (χ4v) is 5.00. The molecule has 8 heteroatoms. The molecule has 0 heterocycles. The van der Waals surface area contributed by atoms with E-state index < -0.39 is 12.0 Å². The van der Waals surface area contributed by atoms with Gasteiger partial charge in [-0.3, -0.25) is 10.1 Å². The van der Waals surface area contributed by atoms with Crippen molar-refractivity contribution in [1.82, 2.24) is 5.32 Å². The second-order valence-electron chi connectivity index (χ2n) is 8.83. The second kappa shape index (κ2) is 12.4. The van der Waals surface area contributed by atoms with Crippen LogP contribution >= 0.6 is 11.6 Å². The zero-order valence-electron chi connectivity index (χ0n) is 21.0. The van der Waals surface area contributed by atoms with Gasteiger partial charge in [-0.05, 0) is 55.5 Å². The van der Waals surface area contributed by atoms with Gasteiger partial charge in [0.2, 0.25) is 0 Å². The molecule has 3 N–H and O–H groups in total. The molecule has 2 atom stereocenters. The molecule has 0 saturated carbocycles. The van der Waals surface area contributed by atoms with Crippen LogP contribution < -0.4 is 15.4 Å². The van der Waals surface area contributed by atoms with Gasteiger partial charge in [0, 0.05) is 23.7 Å². The number of carbonyl (C=O) groups excluding carboxylic acids is 1. The molecular weight excluding hydrogens is 495 g/mol. The van der Waals surface area contributed by atoms with Crippen LogP contribution in [0.25, 0.3) is 11.1 Å². The van der Waals surface area contributed by atoms with Crippen LogP contribution in [-0.4, -0.2) is 36.9 Å². The molecule has 0 saturated heterocycles. The molecule has 0 aromatic heterocycles. The maximum atomic E-state index is 14.5. The third-order valence-corrected chi connectivity index (χ3v) is 6.82. The number of hydrogen-bond acceptors (Lipinski definition) is 6. The number of halogens is 2. The lowest BCUT2D eigenvalue weighted by Gasteiger charge is -2.21. The molecule has 196 valence electrons. The first-order valence-corrected chi connectivity index (χ1v) is 12.9. The minimum absolute atomic E-state index is 0.0141. The highest BCUT2D eigenvalue weighted by molar-refractivity contribution is 6.33. The monoisotopic (exact) mass is 526 g/mol. The van der Waals surface area contributed by atoms with Gasteiger partial charge in [-0.15, -0.1) is 0 Å². The van der Waals surface area contributed by atoms with E-state index in [4.69, 9.17) is 21.1 Å². The minimum atomic E-state index is -0.843. The predicted molar refractivity (Wildman–Crippen MR) is 143 cm³/mol. The van der Waals surface area contributed by atoms with Crippen LogP contribution in [-0.2, 0) is 22.5 Å². The molecule has 3 aromatic carbocycles. The molecule has 1 unspecified atom stereocenters. The summed E-state index contributed by atoms with van der Waals surface area (Å²) in [4.78, 5) is 12.0. The predicted octanol–water partition coefficient (Wildman–Crippen LogP) is 5.66. The first-order chi connectivity index (χ1) is 18.0. The largest absolute Gasteiger partial charge is 0.493 e. The van der Waals surface area contributed by atoms with Gasteiger partial charge in [0.1, 0.15) is 17.6 Å². The normalized spacial score (nSPS) is 15.2. The lowest BCUT2D eigenvalue weighted by molar-refractivity contribution is -0.146. The lowest BCUT2D eigenvalue weighted by Crippen LogP contribution is -2.40. The van der Waals surface area contributed by atoms with Crippen molar-refractivity contribution >= 4 is 23.3 Å². The summed E-state index contributed by atoms with van der Waals surface area (Å²) < 4.78 is 25.4. The Bertz CT molecular complexity index is 1250. The van der Waals surface area contributed by atoms with Crippen molar-refractivity contribution in [3.63, 3.8) is 0 Å². The van der Waals surface area contributed by atoms with Crippen LogP contribution in [0.15, 0.2) is 54.6 Å². The maximum Gasteiger partial charge on any atom is 0.325 e. The molecule has 0 bridgehead atoms. The van der Waals surface area contributed by atoms with Gasteiger partial charge >= 0.3 is 5.97 Å². The van der Waals surface area contributed by atoms with Crippen molar-refractivity contribution < 1.29 is 23.8 Å². The second-order valence-corrected chi connectivity index (χ2v) is 9.24. The van der Waals surface area contributed by atoms with Crippen LogP contribution in [0.1, 0.15) is 43.0 Å². The molecule has 6 nitrogen and oxygen atoms in total. The Kier molecular flexibility index (Phi) is 9.03. The molecule has 37 heavy (non-hydrogen) atoms. The fourth-order valence-electron chi connectivity index (χ4n) is 4.76. The summed E-state index contributed by atoms with van der Waals surface area (Å²) in [5, 5.41) is 16.6. The molecule has 0 spiro atoms. The smallest absolute Gasteiger partial charge is 0.325 e. The Morgan fingerprint density at radius 1 is 1.14 bits per heavy atom. The fraction of sp³-hybridized carbons (Fsp3) is 0.345. The molecule has 1 aliphatic rings. The highest BCUT2D eigenvalue weighted by Gasteiger charge is 2.27. The first-order valence-electron chi connectivity index (χ1n) is 12.6.